The Morgan fingerprint density at radius 3 is 2.43 bits per heavy atom. The second kappa shape index (κ2) is 6.79. The van der Waals surface area contributed by atoms with Gasteiger partial charge in [0.2, 0.25) is 11.8 Å². The number of nitrogens with one attached hydrogen (secondary N) is 2. The Bertz CT molecular complexity index is 714. The number of likely N-dealkylation sites (N-methyl/N-ethyl adjacent to an activating group) is 1. The summed E-state index contributed by atoms with van der Waals surface area (Å²) in [5, 5.41) is 7.52. The minimum absolute atomic E-state index is 0.240. The standard InChI is InChI=1S/C18H23N3O2/c1-18(2,19)17(23)21-15(16(22)20-3)11-13-9-6-8-12-7-4-5-10-14(12)13/h4-10,15H,11,19H2,1-3H3,(H,20,22)(H,21,23)/t15-/m1/s1. The molecule has 0 saturated carbocycles. The van der Waals surface area contributed by atoms with Gasteiger partial charge in [-0.2, -0.15) is 0 Å². The van der Waals surface area contributed by atoms with Gasteiger partial charge in [-0.1, -0.05) is 42.5 Å². The van der Waals surface area contributed by atoms with E-state index in [1.807, 2.05) is 42.5 Å². The molecule has 0 heterocycles. The van der Waals surface area contributed by atoms with Gasteiger partial charge in [0.1, 0.15) is 6.04 Å². The van der Waals surface area contributed by atoms with Gasteiger partial charge in [0.25, 0.3) is 0 Å². The maximum Gasteiger partial charge on any atom is 0.242 e. The molecule has 1 atom stereocenters. The van der Waals surface area contributed by atoms with E-state index in [2.05, 4.69) is 10.6 Å². The van der Waals surface area contributed by atoms with Crippen LogP contribution < -0.4 is 16.4 Å². The zero-order valence-corrected chi connectivity index (χ0v) is 13.7. The predicted octanol–water partition coefficient (Wildman–Crippen LogP) is 1.35. The summed E-state index contributed by atoms with van der Waals surface area (Å²) in [4.78, 5) is 24.3. The van der Waals surface area contributed by atoms with Gasteiger partial charge in [-0.3, -0.25) is 9.59 Å². The second-order valence-corrected chi connectivity index (χ2v) is 6.20. The number of hydrogen-bond acceptors (Lipinski definition) is 3. The minimum atomic E-state index is -1.04. The molecule has 2 amide bonds. The first-order chi connectivity index (χ1) is 10.8. The van der Waals surface area contributed by atoms with Crippen LogP contribution in [0.3, 0.4) is 0 Å². The highest BCUT2D eigenvalue weighted by Gasteiger charge is 2.28. The van der Waals surface area contributed by atoms with Crippen LogP contribution in [-0.4, -0.2) is 30.4 Å². The third-order valence-electron chi connectivity index (χ3n) is 3.76. The van der Waals surface area contributed by atoms with Crippen LogP contribution in [-0.2, 0) is 16.0 Å². The number of carbonyl (C=O) groups excluding carboxylic acids is 2. The summed E-state index contributed by atoms with van der Waals surface area (Å²) in [7, 11) is 1.55. The highest BCUT2D eigenvalue weighted by atomic mass is 16.2. The van der Waals surface area contributed by atoms with Gasteiger partial charge in [-0.15, -0.1) is 0 Å². The van der Waals surface area contributed by atoms with Crippen molar-refractivity contribution < 1.29 is 9.59 Å². The number of hydrogen-bond donors (Lipinski definition) is 3. The van der Waals surface area contributed by atoms with Crippen molar-refractivity contribution >= 4 is 22.6 Å². The molecule has 0 saturated heterocycles. The number of nitrogens with two attached hydrogens (primary N) is 1. The van der Waals surface area contributed by atoms with Crippen LogP contribution in [0.1, 0.15) is 19.4 Å². The second-order valence-electron chi connectivity index (χ2n) is 6.20. The molecule has 23 heavy (non-hydrogen) atoms. The fourth-order valence-corrected chi connectivity index (χ4v) is 2.42. The maximum absolute atomic E-state index is 12.1. The first kappa shape index (κ1) is 17.0. The zero-order valence-electron chi connectivity index (χ0n) is 13.7. The molecular weight excluding hydrogens is 290 g/mol. The lowest BCUT2D eigenvalue weighted by molar-refractivity contribution is -0.131. The third-order valence-corrected chi connectivity index (χ3v) is 3.76. The number of rotatable bonds is 5. The average Bonchev–Trinajstić information content (AvgIpc) is 2.52. The fraction of sp³-hybridized carbons (Fsp3) is 0.333. The Labute approximate surface area is 136 Å². The number of benzene rings is 2. The molecule has 2 rings (SSSR count). The molecule has 0 aliphatic heterocycles. The van der Waals surface area contributed by atoms with Gasteiger partial charge in [0, 0.05) is 13.5 Å². The molecule has 0 spiro atoms. The van der Waals surface area contributed by atoms with E-state index in [-0.39, 0.29) is 11.8 Å². The summed E-state index contributed by atoms with van der Waals surface area (Å²) in [5.74, 6) is -0.595. The van der Waals surface area contributed by atoms with E-state index in [1.165, 1.54) is 0 Å². The highest BCUT2D eigenvalue weighted by Crippen LogP contribution is 2.20. The van der Waals surface area contributed by atoms with Crippen molar-refractivity contribution in [2.45, 2.75) is 31.8 Å². The minimum Gasteiger partial charge on any atom is -0.357 e. The Balaban J connectivity index is 2.30. The van der Waals surface area contributed by atoms with Crippen LogP contribution in [0.25, 0.3) is 10.8 Å². The van der Waals surface area contributed by atoms with E-state index in [0.717, 1.165) is 16.3 Å². The normalized spacial score (nSPS) is 12.7. The fourth-order valence-electron chi connectivity index (χ4n) is 2.42. The molecule has 0 fully saturated rings. The van der Waals surface area contributed by atoms with Crippen LogP contribution >= 0.6 is 0 Å². The molecule has 5 nitrogen and oxygen atoms in total. The first-order valence-corrected chi connectivity index (χ1v) is 7.61. The molecule has 4 N–H and O–H groups in total. The van der Waals surface area contributed by atoms with Crippen LogP contribution in [0, 0.1) is 0 Å². The quantitative estimate of drug-likeness (QED) is 0.779. The highest BCUT2D eigenvalue weighted by molar-refractivity contribution is 5.92. The summed E-state index contributed by atoms with van der Waals surface area (Å²) < 4.78 is 0. The van der Waals surface area contributed by atoms with Crippen LogP contribution in [0.2, 0.25) is 0 Å². The van der Waals surface area contributed by atoms with E-state index >= 15 is 0 Å². The Kier molecular flexibility index (Phi) is 5.01. The molecular formula is C18H23N3O2. The van der Waals surface area contributed by atoms with Crippen molar-refractivity contribution in [1.82, 2.24) is 10.6 Å². The van der Waals surface area contributed by atoms with Crippen LogP contribution in [0.5, 0.6) is 0 Å². The lowest BCUT2D eigenvalue weighted by Gasteiger charge is -2.23. The molecule has 0 bridgehead atoms. The predicted molar refractivity (Wildman–Crippen MR) is 91.9 cm³/mol. The zero-order chi connectivity index (χ0) is 17.0. The summed E-state index contributed by atoms with van der Waals surface area (Å²) in [5.41, 5.74) is 5.78. The molecule has 122 valence electrons. The van der Waals surface area contributed by atoms with Crippen molar-refractivity contribution in [3.63, 3.8) is 0 Å². The SMILES string of the molecule is CNC(=O)[C@@H](Cc1cccc2ccccc12)NC(=O)C(C)(C)N. The summed E-state index contributed by atoms with van der Waals surface area (Å²) in [6.07, 6.45) is 0.406. The smallest absolute Gasteiger partial charge is 0.242 e. The van der Waals surface area contributed by atoms with Crippen LogP contribution in [0.15, 0.2) is 42.5 Å². The number of amides is 2. The molecule has 0 aliphatic carbocycles. The monoisotopic (exact) mass is 313 g/mol. The van der Waals surface area contributed by atoms with Crippen molar-refractivity contribution in [1.29, 1.82) is 0 Å². The van der Waals surface area contributed by atoms with Gasteiger partial charge in [0.15, 0.2) is 0 Å². The molecule has 5 heteroatoms. The van der Waals surface area contributed by atoms with Gasteiger partial charge >= 0.3 is 0 Å². The third kappa shape index (κ3) is 4.07. The Morgan fingerprint density at radius 1 is 1.13 bits per heavy atom. The maximum atomic E-state index is 12.1. The van der Waals surface area contributed by atoms with Crippen molar-refractivity contribution in [2.24, 2.45) is 5.73 Å². The van der Waals surface area contributed by atoms with E-state index in [0.29, 0.717) is 6.42 Å². The topological polar surface area (TPSA) is 84.2 Å². The molecule has 2 aromatic rings. The van der Waals surface area contributed by atoms with Gasteiger partial charge < -0.3 is 16.4 Å². The first-order valence-electron chi connectivity index (χ1n) is 7.61. The molecule has 2 aromatic carbocycles. The van der Waals surface area contributed by atoms with Gasteiger partial charge in [0.05, 0.1) is 5.54 Å². The van der Waals surface area contributed by atoms with E-state index < -0.39 is 11.6 Å². The Hall–Kier alpha value is -2.40. The summed E-state index contributed by atoms with van der Waals surface area (Å²) in [6, 6.07) is 13.3. The molecule has 0 radical (unpaired) electrons. The van der Waals surface area contributed by atoms with Crippen LogP contribution in [0.4, 0.5) is 0 Å². The lowest BCUT2D eigenvalue weighted by atomic mass is 9.97. The lowest BCUT2D eigenvalue weighted by Crippen LogP contribution is -2.56. The van der Waals surface area contributed by atoms with Gasteiger partial charge in [-0.25, -0.2) is 0 Å². The van der Waals surface area contributed by atoms with Crippen molar-refractivity contribution in [3.05, 3.63) is 48.0 Å². The van der Waals surface area contributed by atoms with E-state index in [9.17, 15) is 9.59 Å². The number of carbonyl (C=O) groups is 2. The van der Waals surface area contributed by atoms with E-state index in [1.54, 1.807) is 20.9 Å². The van der Waals surface area contributed by atoms with Crippen molar-refractivity contribution in [2.75, 3.05) is 7.05 Å². The summed E-state index contributed by atoms with van der Waals surface area (Å²) >= 11 is 0. The summed E-state index contributed by atoms with van der Waals surface area (Å²) in [6.45, 7) is 3.22. The number of fused-ring (bicyclic) bond motifs is 1. The molecule has 0 aliphatic rings. The average molecular weight is 313 g/mol. The Morgan fingerprint density at radius 2 is 1.78 bits per heavy atom. The van der Waals surface area contributed by atoms with Crippen molar-refractivity contribution in [3.8, 4) is 0 Å². The molecule has 0 aromatic heterocycles. The molecule has 0 unspecified atom stereocenters. The van der Waals surface area contributed by atoms with Gasteiger partial charge in [-0.05, 0) is 30.2 Å². The van der Waals surface area contributed by atoms with E-state index in [4.69, 9.17) is 5.73 Å². The largest absolute Gasteiger partial charge is 0.357 e.